The molecule has 0 atom stereocenters. The van der Waals surface area contributed by atoms with Gasteiger partial charge in [0.15, 0.2) is 12.4 Å². The fourth-order valence-electron chi connectivity index (χ4n) is 4.58. The Hall–Kier alpha value is -0.370. The van der Waals surface area contributed by atoms with E-state index in [1.165, 1.54) is 153 Å². The van der Waals surface area contributed by atoms with Crippen molar-refractivity contribution >= 4 is 0 Å². The van der Waals surface area contributed by atoms with Gasteiger partial charge in [0.25, 0.3) is 0 Å². The van der Waals surface area contributed by atoms with Gasteiger partial charge >= 0.3 is 0 Å². The highest BCUT2D eigenvalue weighted by Crippen LogP contribution is 2.15. The molecule has 1 aromatic rings. The Morgan fingerprint density at radius 1 is 0.469 bits per heavy atom. The van der Waals surface area contributed by atoms with Gasteiger partial charge in [-0.15, -0.1) is 0 Å². The molecule has 0 saturated carbocycles. The summed E-state index contributed by atoms with van der Waals surface area (Å²) in [6.07, 6.45) is 36.4. The van der Waals surface area contributed by atoms with Crippen LogP contribution in [0.3, 0.4) is 0 Å². The molecule has 0 aliphatic heterocycles. The Balaban J connectivity index is 0.00000961. The highest BCUT2D eigenvalue weighted by Gasteiger charge is 1.99. The molecule has 0 aromatic carbocycles. The lowest BCUT2D eigenvalue weighted by molar-refractivity contribution is -0.697. The molecule has 0 amide bonds. The SMILES string of the molecule is CCCCCCCCCCCCCCCCCCCCCCCC[n+]1ccc(C)cc1.[Br-]. The number of halogens is 1. The minimum atomic E-state index is 0. The van der Waals surface area contributed by atoms with Gasteiger partial charge < -0.3 is 17.0 Å². The van der Waals surface area contributed by atoms with E-state index < -0.39 is 0 Å². The minimum Gasteiger partial charge on any atom is -1.00 e. The van der Waals surface area contributed by atoms with Gasteiger partial charge in [-0.2, -0.15) is 0 Å². The molecule has 0 aliphatic rings. The molecule has 1 aromatic heterocycles. The molecule has 0 bridgehead atoms. The quantitative estimate of drug-likeness (QED) is 0.112. The van der Waals surface area contributed by atoms with Crippen molar-refractivity contribution in [1.29, 1.82) is 0 Å². The fourth-order valence-corrected chi connectivity index (χ4v) is 4.58. The fraction of sp³-hybridized carbons (Fsp3) is 0.833. The van der Waals surface area contributed by atoms with Crippen molar-refractivity contribution in [1.82, 2.24) is 0 Å². The van der Waals surface area contributed by atoms with Crippen LogP contribution in [0.5, 0.6) is 0 Å². The van der Waals surface area contributed by atoms with Crippen molar-refractivity contribution < 1.29 is 21.5 Å². The molecule has 0 saturated heterocycles. The highest BCUT2D eigenvalue weighted by molar-refractivity contribution is 5.03. The normalized spacial score (nSPS) is 10.9. The molecule has 0 N–H and O–H groups in total. The van der Waals surface area contributed by atoms with E-state index >= 15 is 0 Å². The maximum absolute atomic E-state index is 2.32. The summed E-state index contributed by atoms with van der Waals surface area (Å²) in [5.41, 5.74) is 1.35. The van der Waals surface area contributed by atoms with Gasteiger partial charge in [0.2, 0.25) is 0 Å². The second-order valence-corrected chi connectivity index (χ2v) is 10.0. The first-order valence-electron chi connectivity index (χ1n) is 14.3. The van der Waals surface area contributed by atoms with Crippen molar-refractivity contribution in [2.24, 2.45) is 0 Å². The Labute approximate surface area is 212 Å². The minimum absolute atomic E-state index is 0. The topological polar surface area (TPSA) is 3.88 Å². The third-order valence-corrected chi connectivity index (χ3v) is 6.83. The Morgan fingerprint density at radius 2 is 0.750 bits per heavy atom. The van der Waals surface area contributed by atoms with Gasteiger partial charge in [0.1, 0.15) is 6.54 Å². The Morgan fingerprint density at radius 3 is 1.06 bits per heavy atom. The van der Waals surface area contributed by atoms with Crippen LogP contribution in [0, 0.1) is 6.92 Å². The van der Waals surface area contributed by atoms with Crippen molar-refractivity contribution in [2.45, 2.75) is 162 Å². The Kier molecular flexibility index (Phi) is 25.0. The first-order valence-corrected chi connectivity index (χ1v) is 14.3. The highest BCUT2D eigenvalue weighted by atomic mass is 79.9. The van der Waals surface area contributed by atoms with Crippen LogP contribution in [-0.4, -0.2) is 0 Å². The maximum atomic E-state index is 2.32. The van der Waals surface area contributed by atoms with E-state index in [1.807, 2.05) is 0 Å². The van der Waals surface area contributed by atoms with Crippen LogP contribution in [0.2, 0.25) is 0 Å². The molecule has 1 rings (SSSR count). The van der Waals surface area contributed by atoms with E-state index in [0.717, 1.165) is 0 Å². The maximum Gasteiger partial charge on any atom is 0.169 e. The van der Waals surface area contributed by atoms with Gasteiger partial charge in [0, 0.05) is 18.6 Å². The van der Waals surface area contributed by atoms with Gasteiger partial charge in [0.05, 0.1) is 0 Å². The van der Waals surface area contributed by atoms with E-state index in [2.05, 4.69) is 42.9 Å². The molecule has 0 spiro atoms. The zero-order chi connectivity index (χ0) is 22.2. The molecular formula is C30H56BrN. The van der Waals surface area contributed by atoms with E-state index in [-0.39, 0.29) is 17.0 Å². The monoisotopic (exact) mass is 509 g/mol. The van der Waals surface area contributed by atoms with Crippen molar-refractivity contribution in [3.63, 3.8) is 0 Å². The van der Waals surface area contributed by atoms with Crippen LogP contribution < -0.4 is 21.5 Å². The predicted octanol–water partition coefficient (Wildman–Crippen LogP) is 6.89. The third kappa shape index (κ3) is 21.5. The predicted molar refractivity (Wildman–Crippen MR) is 139 cm³/mol. The largest absolute Gasteiger partial charge is 1.00 e. The summed E-state index contributed by atoms with van der Waals surface area (Å²) in [6, 6.07) is 4.41. The van der Waals surface area contributed by atoms with Crippen LogP contribution >= 0.6 is 0 Å². The van der Waals surface area contributed by atoms with E-state index in [1.54, 1.807) is 0 Å². The van der Waals surface area contributed by atoms with Crippen LogP contribution in [-0.2, 0) is 6.54 Å². The van der Waals surface area contributed by atoms with Crippen molar-refractivity contribution in [3.05, 3.63) is 30.1 Å². The van der Waals surface area contributed by atoms with Crippen LogP contribution in [0.1, 0.15) is 154 Å². The molecule has 0 unspecified atom stereocenters. The number of rotatable bonds is 23. The molecule has 188 valence electrons. The summed E-state index contributed by atoms with van der Waals surface area (Å²) in [6.45, 7) is 5.64. The van der Waals surface area contributed by atoms with Crippen molar-refractivity contribution in [2.75, 3.05) is 0 Å². The third-order valence-electron chi connectivity index (χ3n) is 6.83. The zero-order valence-corrected chi connectivity index (χ0v) is 23.5. The second-order valence-electron chi connectivity index (χ2n) is 10.0. The molecular weight excluding hydrogens is 454 g/mol. The van der Waals surface area contributed by atoms with Crippen LogP contribution in [0.4, 0.5) is 0 Å². The van der Waals surface area contributed by atoms with E-state index in [4.69, 9.17) is 0 Å². The molecule has 32 heavy (non-hydrogen) atoms. The zero-order valence-electron chi connectivity index (χ0n) is 21.9. The average molecular weight is 511 g/mol. The van der Waals surface area contributed by atoms with Crippen LogP contribution in [0.25, 0.3) is 0 Å². The van der Waals surface area contributed by atoms with Gasteiger partial charge in [-0.1, -0.05) is 135 Å². The summed E-state index contributed by atoms with van der Waals surface area (Å²) in [5, 5.41) is 0. The lowest BCUT2D eigenvalue weighted by Gasteiger charge is -2.04. The summed E-state index contributed by atoms with van der Waals surface area (Å²) in [5.74, 6) is 0. The first-order chi connectivity index (χ1) is 15.3. The second kappa shape index (κ2) is 25.3. The number of hydrogen-bond donors (Lipinski definition) is 0. The number of unbranched alkanes of at least 4 members (excludes halogenated alkanes) is 21. The lowest BCUT2D eigenvalue weighted by Crippen LogP contribution is -3.00. The number of nitrogens with zero attached hydrogens (tertiary/aromatic N) is 1. The standard InChI is InChI=1S/C30H56N.BrH/c1-3-4-5-6-7-8-9-10-11-12-13-14-15-16-17-18-19-20-21-22-23-24-27-31-28-25-30(2)26-29-31;/h25-26,28-29H,3-24,27H2,1-2H3;1H/q+1;/p-1. The number of aromatic nitrogens is 1. The van der Waals surface area contributed by atoms with Gasteiger partial charge in [-0.3, -0.25) is 0 Å². The summed E-state index contributed by atoms with van der Waals surface area (Å²) < 4.78 is 2.32. The van der Waals surface area contributed by atoms with Gasteiger partial charge in [-0.25, -0.2) is 4.57 Å². The molecule has 0 radical (unpaired) electrons. The number of hydrogen-bond acceptors (Lipinski definition) is 0. The van der Waals surface area contributed by atoms with E-state index in [9.17, 15) is 0 Å². The summed E-state index contributed by atoms with van der Waals surface area (Å²) in [7, 11) is 0. The van der Waals surface area contributed by atoms with Crippen LogP contribution in [0.15, 0.2) is 24.5 Å². The lowest BCUT2D eigenvalue weighted by atomic mass is 10.0. The first kappa shape index (κ1) is 31.6. The molecule has 1 nitrogen and oxygen atoms in total. The Bertz CT molecular complexity index is 470. The van der Waals surface area contributed by atoms with Crippen molar-refractivity contribution in [3.8, 4) is 0 Å². The van der Waals surface area contributed by atoms with E-state index in [0.29, 0.717) is 0 Å². The smallest absolute Gasteiger partial charge is 0.169 e. The summed E-state index contributed by atoms with van der Waals surface area (Å²) in [4.78, 5) is 0. The molecule has 0 aliphatic carbocycles. The number of aryl methyl sites for hydroxylation is 2. The molecule has 2 heteroatoms. The number of pyridine rings is 1. The van der Waals surface area contributed by atoms with Gasteiger partial charge in [-0.05, 0) is 18.9 Å². The average Bonchev–Trinajstić information content (AvgIpc) is 2.78. The molecule has 0 fully saturated rings. The summed E-state index contributed by atoms with van der Waals surface area (Å²) >= 11 is 0. The molecule has 1 heterocycles.